The maximum Gasteiger partial charge on any atom is 0.407 e. The number of alkyl carbamates (subject to hydrolysis) is 1. The molecule has 7 nitrogen and oxygen atoms in total. The Morgan fingerprint density at radius 2 is 1.72 bits per heavy atom. The fraction of sp³-hybridized carbons (Fsp3) is 0.909. The summed E-state index contributed by atoms with van der Waals surface area (Å²) in [7, 11) is 0. The Morgan fingerprint density at radius 1 is 1.10 bits per heavy atom. The third kappa shape index (κ3) is 8.13. The van der Waals surface area contributed by atoms with Crippen molar-refractivity contribution in [3.63, 3.8) is 0 Å². The summed E-state index contributed by atoms with van der Waals surface area (Å²) in [5, 5.41) is 16.3. The zero-order chi connectivity index (χ0) is 21.8. The Bertz CT molecular complexity index is 567. The molecule has 1 heterocycles. The third-order valence-electron chi connectivity index (χ3n) is 5.63. The number of fused-ring (bicyclic) bond motifs is 1. The number of piperidine rings is 1. The van der Waals surface area contributed by atoms with E-state index in [4.69, 9.17) is 4.74 Å². The predicted molar refractivity (Wildman–Crippen MR) is 114 cm³/mol. The number of rotatable bonds is 5. The van der Waals surface area contributed by atoms with Gasteiger partial charge in [-0.15, -0.1) is 0 Å². The van der Waals surface area contributed by atoms with Crippen molar-refractivity contribution >= 4 is 12.0 Å². The smallest absolute Gasteiger partial charge is 0.407 e. The minimum Gasteiger partial charge on any atom is -0.444 e. The van der Waals surface area contributed by atoms with Crippen LogP contribution >= 0.6 is 0 Å². The largest absolute Gasteiger partial charge is 0.444 e. The van der Waals surface area contributed by atoms with E-state index in [1.807, 2.05) is 20.8 Å². The van der Waals surface area contributed by atoms with Gasteiger partial charge in [-0.25, -0.2) is 4.79 Å². The molecule has 1 aliphatic heterocycles. The minimum absolute atomic E-state index is 0.0359. The minimum atomic E-state index is -0.757. The van der Waals surface area contributed by atoms with Crippen LogP contribution in [-0.4, -0.2) is 64.9 Å². The van der Waals surface area contributed by atoms with Gasteiger partial charge in [0.1, 0.15) is 5.60 Å². The van der Waals surface area contributed by atoms with E-state index in [0.29, 0.717) is 18.4 Å². The molecule has 0 aromatic carbocycles. The van der Waals surface area contributed by atoms with Gasteiger partial charge in [-0.2, -0.15) is 0 Å². The number of aliphatic hydroxyl groups excluding tert-OH is 1. The molecule has 2 amide bonds. The average molecular weight is 412 g/mol. The van der Waals surface area contributed by atoms with E-state index in [2.05, 4.69) is 15.5 Å². The van der Waals surface area contributed by atoms with Gasteiger partial charge in [-0.05, 0) is 66.2 Å². The number of hydrogen-bond acceptors (Lipinski definition) is 5. The molecule has 2 aliphatic rings. The number of aliphatic hydroxyl groups is 1. The molecule has 0 bridgehead atoms. The van der Waals surface area contributed by atoms with Crippen molar-refractivity contribution in [2.45, 2.75) is 96.9 Å². The van der Waals surface area contributed by atoms with Gasteiger partial charge in [0.2, 0.25) is 5.91 Å². The van der Waals surface area contributed by atoms with Crippen molar-refractivity contribution in [2.24, 2.45) is 11.8 Å². The lowest BCUT2D eigenvalue weighted by Gasteiger charge is -2.46. The predicted octanol–water partition coefficient (Wildman–Crippen LogP) is 2.67. The molecular formula is C22H41N3O4. The zero-order valence-corrected chi connectivity index (χ0v) is 19.1. The van der Waals surface area contributed by atoms with Gasteiger partial charge in [0, 0.05) is 25.2 Å². The Morgan fingerprint density at radius 3 is 2.31 bits per heavy atom. The summed E-state index contributed by atoms with van der Waals surface area (Å²) in [5.41, 5.74) is -0.864. The summed E-state index contributed by atoms with van der Waals surface area (Å²) in [5.74, 6) is 1.22. The molecule has 3 N–H and O–H groups in total. The topological polar surface area (TPSA) is 90.9 Å². The molecule has 168 valence electrons. The second-order valence-electron chi connectivity index (χ2n) is 10.8. The first-order chi connectivity index (χ1) is 13.3. The molecule has 29 heavy (non-hydrogen) atoms. The molecule has 1 saturated carbocycles. The van der Waals surface area contributed by atoms with Crippen LogP contribution < -0.4 is 10.6 Å². The Hall–Kier alpha value is -1.34. The van der Waals surface area contributed by atoms with Gasteiger partial charge in [-0.3, -0.25) is 9.69 Å². The van der Waals surface area contributed by atoms with Gasteiger partial charge in [0.15, 0.2) is 0 Å². The summed E-state index contributed by atoms with van der Waals surface area (Å²) in [4.78, 5) is 26.9. The van der Waals surface area contributed by atoms with Crippen LogP contribution in [0.2, 0.25) is 0 Å². The zero-order valence-electron chi connectivity index (χ0n) is 19.1. The van der Waals surface area contributed by atoms with Crippen LogP contribution in [0.25, 0.3) is 0 Å². The molecule has 0 spiro atoms. The van der Waals surface area contributed by atoms with Crippen molar-refractivity contribution in [1.82, 2.24) is 15.5 Å². The Kier molecular flexibility index (Phi) is 7.96. The average Bonchev–Trinajstić information content (AvgIpc) is 2.56. The number of likely N-dealkylation sites (tertiary alicyclic amines) is 1. The molecule has 7 heteroatoms. The van der Waals surface area contributed by atoms with E-state index < -0.39 is 17.8 Å². The monoisotopic (exact) mass is 411 g/mol. The number of β-amino-alcohol motifs (C(OH)–C–C–N with tert-alkyl or cyclic N) is 1. The summed E-state index contributed by atoms with van der Waals surface area (Å²) in [6, 6.07) is -0.232. The molecule has 2 fully saturated rings. The van der Waals surface area contributed by atoms with Crippen LogP contribution in [0, 0.1) is 11.8 Å². The van der Waals surface area contributed by atoms with Crippen molar-refractivity contribution in [2.75, 3.05) is 19.6 Å². The van der Waals surface area contributed by atoms with Crippen molar-refractivity contribution < 1.29 is 19.4 Å². The van der Waals surface area contributed by atoms with Crippen molar-refractivity contribution in [3.05, 3.63) is 0 Å². The number of nitrogens with one attached hydrogen (secondary N) is 2. The second kappa shape index (κ2) is 9.65. The van der Waals surface area contributed by atoms with Crippen molar-refractivity contribution in [1.29, 1.82) is 0 Å². The second-order valence-corrected chi connectivity index (χ2v) is 10.8. The number of amides is 2. The van der Waals surface area contributed by atoms with Crippen LogP contribution in [0.1, 0.15) is 73.6 Å². The number of ether oxygens (including phenoxy) is 1. The number of nitrogens with zero attached hydrogens (tertiary/aromatic N) is 1. The highest BCUT2D eigenvalue weighted by Crippen LogP contribution is 2.38. The first-order valence-electron chi connectivity index (χ1n) is 11.0. The molecule has 0 radical (unpaired) electrons. The van der Waals surface area contributed by atoms with Crippen LogP contribution in [0.3, 0.4) is 0 Å². The first-order valence-corrected chi connectivity index (χ1v) is 11.0. The van der Waals surface area contributed by atoms with Gasteiger partial charge in [-0.1, -0.05) is 19.3 Å². The van der Waals surface area contributed by atoms with E-state index in [0.717, 1.165) is 13.0 Å². The number of carbonyl (C=O) groups is 2. The summed E-state index contributed by atoms with van der Waals surface area (Å²) >= 11 is 0. The highest BCUT2D eigenvalue weighted by molar-refractivity contribution is 5.82. The maximum absolute atomic E-state index is 13.0. The van der Waals surface area contributed by atoms with Crippen LogP contribution in [0.4, 0.5) is 4.79 Å². The third-order valence-corrected chi connectivity index (χ3v) is 5.63. The highest BCUT2D eigenvalue weighted by Gasteiger charge is 2.41. The van der Waals surface area contributed by atoms with E-state index in [9.17, 15) is 14.7 Å². The van der Waals surface area contributed by atoms with Crippen LogP contribution in [-0.2, 0) is 9.53 Å². The summed E-state index contributed by atoms with van der Waals surface area (Å²) in [6.45, 7) is 12.7. The lowest BCUT2D eigenvalue weighted by Crippen LogP contribution is -2.59. The van der Waals surface area contributed by atoms with Crippen LogP contribution in [0.15, 0.2) is 0 Å². The Labute approximate surface area is 175 Å². The van der Waals surface area contributed by atoms with Gasteiger partial charge >= 0.3 is 6.09 Å². The van der Waals surface area contributed by atoms with E-state index >= 15 is 0 Å². The first kappa shape index (κ1) is 23.9. The molecule has 0 unspecified atom stereocenters. The van der Waals surface area contributed by atoms with Crippen molar-refractivity contribution in [3.8, 4) is 0 Å². The molecular weight excluding hydrogens is 370 g/mol. The normalized spacial score (nSPS) is 26.9. The molecule has 0 aromatic heterocycles. The van der Waals surface area contributed by atoms with E-state index in [1.165, 1.54) is 25.7 Å². The standard InChI is InChI=1S/C22H41N3O4/c1-21(2,3)24-19(27)18-11-15-9-7-8-10-16(15)13-25(18)14-17(26)12-23-20(28)29-22(4,5)6/h15-18,26H,7-14H2,1-6H3,(H,23,28)(H,24,27)/t15-,16+,17-,18-/m0/s1. The molecule has 0 aromatic rings. The van der Waals surface area contributed by atoms with Gasteiger partial charge in [0.05, 0.1) is 12.1 Å². The van der Waals surface area contributed by atoms with Gasteiger partial charge in [0.25, 0.3) is 0 Å². The highest BCUT2D eigenvalue weighted by atomic mass is 16.6. The number of carbonyl (C=O) groups excluding carboxylic acids is 2. The Balaban J connectivity index is 1.97. The fourth-order valence-corrected chi connectivity index (χ4v) is 4.48. The lowest BCUT2D eigenvalue weighted by molar-refractivity contribution is -0.132. The number of hydrogen-bond donors (Lipinski definition) is 3. The molecule has 4 atom stereocenters. The maximum atomic E-state index is 13.0. The molecule has 1 aliphatic carbocycles. The quantitative estimate of drug-likeness (QED) is 0.647. The summed E-state index contributed by atoms with van der Waals surface area (Å²) in [6.07, 6.45) is 4.44. The SMILES string of the molecule is CC(C)(C)NC(=O)[C@@H]1C[C@@H]2CCCC[C@@H]2CN1C[C@@H](O)CNC(=O)OC(C)(C)C. The lowest BCUT2D eigenvalue weighted by atomic mass is 9.72. The van der Waals surface area contributed by atoms with E-state index in [-0.39, 0.29) is 24.0 Å². The fourth-order valence-electron chi connectivity index (χ4n) is 4.48. The van der Waals surface area contributed by atoms with E-state index in [1.54, 1.807) is 20.8 Å². The van der Waals surface area contributed by atoms with Gasteiger partial charge < -0.3 is 20.5 Å². The van der Waals surface area contributed by atoms with Crippen LogP contribution in [0.5, 0.6) is 0 Å². The molecule has 1 saturated heterocycles. The molecule has 2 rings (SSSR count). The summed E-state index contributed by atoms with van der Waals surface area (Å²) < 4.78 is 5.22.